The Kier molecular flexibility index (Phi) is 20.7. The molecule has 64 heavy (non-hydrogen) atoms. The number of ether oxygens (including phenoxy) is 6. The van der Waals surface area contributed by atoms with Crippen molar-refractivity contribution in [3.05, 3.63) is 11.9 Å². The van der Waals surface area contributed by atoms with Crippen molar-refractivity contribution in [2.24, 2.45) is 11.5 Å². The molecule has 0 saturated heterocycles. The highest BCUT2D eigenvalue weighted by molar-refractivity contribution is 5.90. The number of carbonyl (C=O) groups is 7. The van der Waals surface area contributed by atoms with Gasteiger partial charge in [-0.05, 0) is 92.9 Å². The first-order valence-electron chi connectivity index (χ1n) is 20.7. The van der Waals surface area contributed by atoms with Crippen LogP contribution in [0.2, 0.25) is 0 Å². The molecule has 4 aliphatic rings. The van der Waals surface area contributed by atoms with E-state index in [0.717, 1.165) is 7.11 Å². The zero-order valence-corrected chi connectivity index (χ0v) is 38.5. The summed E-state index contributed by atoms with van der Waals surface area (Å²) in [5.41, 5.74) is 5.15. The smallest absolute Gasteiger partial charge is 0.408 e. The van der Waals surface area contributed by atoms with Crippen molar-refractivity contribution in [1.29, 1.82) is 0 Å². The summed E-state index contributed by atoms with van der Waals surface area (Å²) in [6.45, 7) is 10.2. The average molecular weight is 931 g/mol. The summed E-state index contributed by atoms with van der Waals surface area (Å²) in [5, 5.41) is 4.98. The lowest BCUT2D eigenvalue weighted by molar-refractivity contribution is -0.154. The number of nitrogens with one attached hydrogen (secondary N) is 2. The van der Waals surface area contributed by atoms with Gasteiger partial charge in [-0.15, -0.1) is 0 Å². The quantitative estimate of drug-likeness (QED) is 0.132. The molecule has 1 unspecified atom stereocenters. The van der Waals surface area contributed by atoms with Crippen LogP contribution in [-0.2, 0) is 52.4 Å². The van der Waals surface area contributed by atoms with E-state index < -0.39 is 94.1 Å². The number of ketones is 1. The van der Waals surface area contributed by atoms with Crippen molar-refractivity contribution < 1.29 is 83.9 Å². The maximum atomic E-state index is 13.2. The summed E-state index contributed by atoms with van der Waals surface area (Å²) in [5.74, 6) is -7.91. The van der Waals surface area contributed by atoms with Gasteiger partial charge in [-0.25, -0.2) is 41.1 Å². The molecule has 4 rings (SSSR count). The van der Waals surface area contributed by atoms with Gasteiger partial charge in [0, 0.05) is 44.9 Å². The van der Waals surface area contributed by atoms with E-state index in [2.05, 4.69) is 24.8 Å². The molecule has 0 heterocycles. The van der Waals surface area contributed by atoms with E-state index in [1.165, 1.54) is 27.4 Å². The molecule has 0 aliphatic heterocycles. The number of allylic oxidation sites excluding steroid dienone is 1. The number of esters is 4. The Morgan fingerprint density at radius 3 is 1.20 bits per heavy atom. The molecular formula is C42H67F5N4O13. The van der Waals surface area contributed by atoms with Gasteiger partial charge in [-0.2, -0.15) is 0 Å². The zero-order valence-electron chi connectivity index (χ0n) is 38.5. The van der Waals surface area contributed by atoms with Gasteiger partial charge in [-0.1, -0.05) is 6.08 Å². The highest BCUT2D eigenvalue weighted by Crippen LogP contribution is 2.40. The lowest BCUT2D eigenvalue weighted by atomic mass is 9.80. The SMILES string of the molecule is COC(=O)C1(N)CC=C(F)CC1.COC(=O)C1(N)CCC(F)(F)CC1.COC(=O)C1(NC(=O)OC(C)(C)C)CCC(=O)CC1.COC(=O)C1(NC(=O)OC(C)(C)C)CCC(F)(F)CC1. The summed E-state index contributed by atoms with van der Waals surface area (Å²) in [4.78, 5) is 80.8. The molecule has 368 valence electrons. The highest BCUT2D eigenvalue weighted by atomic mass is 19.3. The second-order valence-corrected chi connectivity index (χ2v) is 18.3. The Bertz CT molecular complexity index is 1670. The minimum absolute atomic E-state index is 0.00727. The van der Waals surface area contributed by atoms with Gasteiger partial charge in [-0.3, -0.25) is 14.4 Å². The summed E-state index contributed by atoms with van der Waals surface area (Å²) >= 11 is 0. The van der Waals surface area contributed by atoms with Crippen molar-refractivity contribution >= 4 is 41.8 Å². The molecule has 3 fully saturated rings. The van der Waals surface area contributed by atoms with Crippen LogP contribution in [-0.4, -0.2) is 115 Å². The van der Waals surface area contributed by atoms with Gasteiger partial charge >= 0.3 is 36.1 Å². The number of carbonyl (C=O) groups excluding carboxylic acids is 7. The summed E-state index contributed by atoms with van der Waals surface area (Å²) < 4.78 is 93.0. The predicted molar refractivity (Wildman–Crippen MR) is 219 cm³/mol. The summed E-state index contributed by atoms with van der Waals surface area (Å²) in [7, 11) is 4.92. The molecule has 3 saturated carbocycles. The fourth-order valence-electron chi connectivity index (χ4n) is 6.84. The Hall–Kier alpha value is -4.60. The molecule has 17 nitrogen and oxygen atoms in total. The van der Waals surface area contributed by atoms with E-state index in [-0.39, 0.29) is 88.7 Å². The minimum atomic E-state index is -2.81. The fourth-order valence-corrected chi connectivity index (χ4v) is 6.84. The van der Waals surface area contributed by atoms with Crippen molar-refractivity contribution in [1.82, 2.24) is 10.6 Å². The third-order valence-corrected chi connectivity index (χ3v) is 10.7. The maximum absolute atomic E-state index is 13.2. The van der Waals surface area contributed by atoms with Gasteiger partial charge in [0.25, 0.3) is 0 Å². The van der Waals surface area contributed by atoms with Crippen molar-refractivity contribution in [3.8, 4) is 0 Å². The molecule has 4 aliphatic carbocycles. The van der Waals surface area contributed by atoms with E-state index in [0.29, 0.717) is 6.42 Å². The maximum Gasteiger partial charge on any atom is 0.408 e. The molecule has 0 spiro atoms. The van der Waals surface area contributed by atoms with E-state index in [1.54, 1.807) is 41.5 Å². The highest BCUT2D eigenvalue weighted by Gasteiger charge is 2.51. The fraction of sp³-hybridized carbons (Fsp3) is 0.786. The average Bonchev–Trinajstić information content (AvgIpc) is 3.20. The topological polar surface area (TPSA) is 251 Å². The van der Waals surface area contributed by atoms with Gasteiger partial charge in [0.15, 0.2) is 0 Å². The van der Waals surface area contributed by atoms with Crippen molar-refractivity contribution in [2.75, 3.05) is 28.4 Å². The number of hydrogen-bond donors (Lipinski definition) is 4. The number of hydrogen-bond acceptors (Lipinski definition) is 15. The Balaban J connectivity index is 0.000000436. The van der Waals surface area contributed by atoms with Crippen LogP contribution in [0.5, 0.6) is 0 Å². The Labute approximate surface area is 370 Å². The van der Waals surface area contributed by atoms with Crippen molar-refractivity contribution in [3.63, 3.8) is 0 Å². The van der Waals surface area contributed by atoms with Gasteiger partial charge < -0.3 is 50.5 Å². The first kappa shape index (κ1) is 57.4. The first-order chi connectivity index (χ1) is 29.2. The summed E-state index contributed by atoms with van der Waals surface area (Å²) in [6.07, 6.45) is -0.338. The van der Waals surface area contributed by atoms with E-state index in [1.807, 2.05) is 0 Å². The second kappa shape index (κ2) is 23.0. The number of alkyl carbamates (subject to hydrolysis) is 2. The lowest BCUT2D eigenvalue weighted by Crippen LogP contribution is -2.58. The van der Waals surface area contributed by atoms with E-state index >= 15 is 0 Å². The van der Waals surface area contributed by atoms with Crippen LogP contribution in [0.3, 0.4) is 0 Å². The monoisotopic (exact) mass is 930 g/mol. The number of methoxy groups -OCH3 is 4. The molecule has 0 radical (unpaired) electrons. The number of rotatable bonds is 6. The van der Waals surface area contributed by atoms with Crippen LogP contribution < -0.4 is 22.1 Å². The van der Waals surface area contributed by atoms with Crippen LogP contribution in [0.25, 0.3) is 0 Å². The normalized spacial score (nSPS) is 22.7. The lowest BCUT2D eigenvalue weighted by Gasteiger charge is -2.38. The molecule has 0 bridgehead atoms. The van der Waals surface area contributed by atoms with Gasteiger partial charge in [0.2, 0.25) is 11.8 Å². The minimum Gasteiger partial charge on any atom is -0.468 e. The number of nitrogens with two attached hydrogens (primary N) is 2. The summed E-state index contributed by atoms with van der Waals surface area (Å²) in [6, 6.07) is 0. The molecule has 22 heteroatoms. The number of halogens is 5. The molecule has 2 amide bonds. The van der Waals surface area contributed by atoms with Crippen LogP contribution in [0, 0.1) is 0 Å². The van der Waals surface area contributed by atoms with Crippen LogP contribution in [0.4, 0.5) is 31.5 Å². The van der Waals surface area contributed by atoms with E-state index in [9.17, 15) is 55.5 Å². The van der Waals surface area contributed by atoms with E-state index in [4.69, 9.17) is 25.7 Å². The molecule has 0 aromatic carbocycles. The first-order valence-corrected chi connectivity index (χ1v) is 20.7. The zero-order chi connectivity index (χ0) is 49.6. The number of Topliss-reactive ketones (excluding diaryl/α,β-unsaturated/α-hetero) is 1. The molecule has 0 aromatic heterocycles. The standard InChI is InChI=1S/C13H21F2NO4.C13H21NO5.C8H13F2NO2.C8H12FNO2/c1-11(2,3)20-10(18)16-12(9(17)19-4)5-7-13(14,15)8-6-12;1-12(2,3)19-11(17)14-13(10(16)18-4)7-5-9(15)6-8-13;1-13-6(12)7(11)2-4-8(9,10)5-3-7;1-12-7(11)8(10)4-2-6(9)3-5-8/h5-8H2,1-4H3,(H,16,18);5-8H2,1-4H3,(H,14,17);2-5,11H2,1H3;2H,3-5,10H2,1H3. The third-order valence-electron chi connectivity index (χ3n) is 10.7. The molecule has 1 atom stereocenters. The second-order valence-electron chi connectivity index (χ2n) is 18.3. The largest absolute Gasteiger partial charge is 0.468 e. The predicted octanol–water partition coefficient (Wildman–Crippen LogP) is 6.16. The third kappa shape index (κ3) is 18.5. The van der Waals surface area contributed by atoms with Gasteiger partial charge in [0.05, 0.1) is 34.3 Å². The Morgan fingerprint density at radius 2 is 0.875 bits per heavy atom. The van der Waals surface area contributed by atoms with Crippen LogP contribution in [0.15, 0.2) is 11.9 Å². The van der Waals surface area contributed by atoms with Crippen LogP contribution in [0.1, 0.15) is 138 Å². The van der Waals surface area contributed by atoms with Crippen LogP contribution >= 0.6 is 0 Å². The molecule has 0 aromatic rings. The number of amides is 2. The van der Waals surface area contributed by atoms with Gasteiger partial charge in [0.1, 0.15) is 39.1 Å². The molecule has 6 N–H and O–H groups in total. The molecular weight excluding hydrogens is 863 g/mol. The van der Waals surface area contributed by atoms with Crippen molar-refractivity contribution in [2.45, 2.75) is 183 Å². The number of alkyl halides is 4. The Morgan fingerprint density at radius 1 is 0.531 bits per heavy atom.